The van der Waals surface area contributed by atoms with Gasteiger partial charge in [0.2, 0.25) is 5.91 Å². The maximum atomic E-state index is 12.7. The molecule has 0 bridgehead atoms. The first-order valence-corrected chi connectivity index (χ1v) is 8.22. The molecule has 1 aliphatic rings. The second-order valence-electron chi connectivity index (χ2n) is 5.44. The van der Waals surface area contributed by atoms with Gasteiger partial charge < -0.3 is 14.8 Å². The fourth-order valence-corrected chi connectivity index (χ4v) is 3.29. The van der Waals surface area contributed by atoms with E-state index in [9.17, 15) is 9.59 Å². The van der Waals surface area contributed by atoms with E-state index in [0.29, 0.717) is 12.2 Å². The summed E-state index contributed by atoms with van der Waals surface area (Å²) in [7, 11) is 1.65. The lowest BCUT2D eigenvalue weighted by molar-refractivity contribution is -0.125. The second-order valence-corrected chi connectivity index (χ2v) is 6.36. The topological polar surface area (TPSA) is 54.3 Å². The molecule has 0 aliphatic carbocycles. The number of likely N-dealkylation sites (tertiary alicyclic amines) is 1. The molecule has 1 N–H and O–H groups in total. The van der Waals surface area contributed by atoms with Gasteiger partial charge in [0.1, 0.15) is 5.69 Å². The van der Waals surface area contributed by atoms with Crippen molar-refractivity contribution in [1.82, 2.24) is 14.8 Å². The lowest BCUT2D eigenvalue weighted by atomic mass is 9.97. The molecule has 0 spiro atoms. The number of amides is 2. The monoisotopic (exact) mass is 355 g/mol. The van der Waals surface area contributed by atoms with Gasteiger partial charge in [-0.25, -0.2) is 0 Å². The van der Waals surface area contributed by atoms with Gasteiger partial charge in [0.05, 0.1) is 5.92 Å². The smallest absolute Gasteiger partial charge is 0.270 e. The second kappa shape index (κ2) is 7.11. The van der Waals surface area contributed by atoms with Crippen molar-refractivity contribution in [3.63, 3.8) is 0 Å². The molecule has 1 aromatic heterocycles. The minimum atomic E-state index is -0.0919. The zero-order valence-corrected chi connectivity index (χ0v) is 14.1. The molecule has 1 atom stereocenters. The number of carbonyl (C=O) groups excluding carboxylic acids is 2. The van der Waals surface area contributed by atoms with Gasteiger partial charge in [-0.1, -0.05) is 6.92 Å². The molecule has 1 unspecified atom stereocenters. The number of aryl methyl sites for hydroxylation is 1. The highest BCUT2D eigenvalue weighted by molar-refractivity contribution is 9.10. The number of hydrogen-bond donors (Lipinski definition) is 1. The molecule has 2 amide bonds. The van der Waals surface area contributed by atoms with Gasteiger partial charge in [0, 0.05) is 37.4 Å². The number of hydrogen-bond acceptors (Lipinski definition) is 2. The van der Waals surface area contributed by atoms with Crippen molar-refractivity contribution in [3.8, 4) is 0 Å². The molecule has 1 fully saturated rings. The van der Waals surface area contributed by atoms with Crippen molar-refractivity contribution in [3.05, 3.63) is 22.4 Å². The molecule has 1 aliphatic heterocycles. The summed E-state index contributed by atoms with van der Waals surface area (Å²) in [6.45, 7) is 4.14. The highest BCUT2D eigenvalue weighted by Crippen LogP contribution is 2.22. The molecule has 0 saturated carbocycles. The summed E-state index contributed by atoms with van der Waals surface area (Å²) < 4.78 is 2.90. The molecular formula is C15H22BrN3O2. The highest BCUT2D eigenvalue weighted by atomic mass is 79.9. The number of piperidine rings is 1. The van der Waals surface area contributed by atoms with E-state index in [0.717, 1.165) is 36.8 Å². The van der Waals surface area contributed by atoms with E-state index >= 15 is 0 Å². The Morgan fingerprint density at radius 1 is 1.48 bits per heavy atom. The Labute approximate surface area is 133 Å². The van der Waals surface area contributed by atoms with Crippen LogP contribution in [0.25, 0.3) is 0 Å². The Hall–Kier alpha value is -1.30. The summed E-state index contributed by atoms with van der Waals surface area (Å²) in [5.74, 6) is -0.0499. The van der Waals surface area contributed by atoms with Crippen LogP contribution >= 0.6 is 15.9 Å². The summed E-state index contributed by atoms with van der Waals surface area (Å²) in [5.41, 5.74) is 0.696. The third-order valence-electron chi connectivity index (χ3n) is 3.87. The lowest BCUT2D eigenvalue weighted by Crippen LogP contribution is -2.45. The maximum absolute atomic E-state index is 12.7. The number of carbonyl (C=O) groups is 2. The van der Waals surface area contributed by atoms with Crippen LogP contribution in [0.5, 0.6) is 0 Å². The Balaban J connectivity index is 2.14. The predicted molar refractivity (Wildman–Crippen MR) is 85.1 cm³/mol. The van der Waals surface area contributed by atoms with Crippen molar-refractivity contribution in [1.29, 1.82) is 0 Å². The Bertz CT molecular complexity index is 527. The SMILES string of the molecule is CCCn1cc(Br)cc1C(=O)N1CCCC(C(=O)NC)C1. The molecule has 0 radical (unpaired) electrons. The van der Waals surface area contributed by atoms with E-state index in [-0.39, 0.29) is 17.7 Å². The number of aromatic nitrogens is 1. The first kappa shape index (κ1) is 16.1. The molecule has 2 heterocycles. The molecule has 6 heteroatoms. The summed E-state index contributed by atoms with van der Waals surface area (Å²) in [4.78, 5) is 26.3. The van der Waals surface area contributed by atoms with Gasteiger partial charge in [-0.3, -0.25) is 9.59 Å². The standard InChI is InChI=1S/C15H22BrN3O2/c1-3-6-18-10-12(16)8-13(18)15(21)19-7-4-5-11(9-19)14(20)17-2/h8,10-11H,3-7,9H2,1-2H3,(H,17,20). The predicted octanol–water partition coefficient (Wildman–Crippen LogP) is 2.26. The van der Waals surface area contributed by atoms with Crippen LogP contribution in [-0.2, 0) is 11.3 Å². The first-order chi connectivity index (χ1) is 10.1. The van der Waals surface area contributed by atoms with Gasteiger partial charge >= 0.3 is 0 Å². The summed E-state index contributed by atoms with van der Waals surface area (Å²) >= 11 is 3.44. The quantitative estimate of drug-likeness (QED) is 0.900. The zero-order valence-electron chi connectivity index (χ0n) is 12.6. The highest BCUT2D eigenvalue weighted by Gasteiger charge is 2.29. The van der Waals surface area contributed by atoms with Crippen molar-refractivity contribution in [2.75, 3.05) is 20.1 Å². The van der Waals surface area contributed by atoms with Gasteiger partial charge in [0.25, 0.3) is 5.91 Å². The van der Waals surface area contributed by atoms with Gasteiger partial charge in [-0.05, 0) is 41.3 Å². The van der Waals surface area contributed by atoms with Crippen LogP contribution in [0.1, 0.15) is 36.7 Å². The molecule has 1 aromatic rings. The average molecular weight is 356 g/mol. The van der Waals surface area contributed by atoms with Gasteiger partial charge in [-0.2, -0.15) is 0 Å². The molecule has 1 saturated heterocycles. The van der Waals surface area contributed by atoms with Crippen molar-refractivity contribution >= 4 is 27.7 Å². The molecule has 2 rings (SSSR count). The Kier molecular flexibility index (Phi) is 5.45. The Morgan fingerprint density at radius 2 is 2.24 bits per heavy atom. The van der Waals surface area contributed by atoms with Crippen LogP contribution in [0.15, 0.2) is 16.7 Å². The summed E-state index contributed by atoms with van der Waals surface area (Å²) in [6, 6.07) is 1.86. The van der Waals surface area contributed by atoms with Crippen molar-refractivity contribution in [2.45, 2.75) is 32.7 Å². The van der Waals surface area contributed by atoms with E-state index in [1.54, 1.807) is 11.9 Å². The van der Waals surface area contributed by atoms with Crippen LogP contribution in [0, 0.1) is 5.92 Å². The third-order valence-corrected chi connectivity index (χ3v) is 4.31. The molecule has 0 aromatic carbocycles. The molecule has 116 valence electrons. The lowest BCUT2D eigenvalue weighted by Gasteiger charge is -2.32. The van der Waals surface area contributed by atoms with Crippen LogP contribution in [0.4, 0.5) is 0 Å². The minimum absolute atomic E-state index is 0.0164. The normalized spacial score (nSPS) is 18.6. The van der Waals surface area contributed by atoms with Crippen LogP contribution in [0.3, 0.4) is 0 Å². The number of nitrogens with zero attached hydrogens (tertiary/aromatic N) is 2. The van der Waals surface area contributed by atoms with Crippen LogP contribution in [-0.4, -0.2) is 41.4 Å². The Morgan fingerprint density at radius 3 is 2.90 bits per heavy atom. The number of halogens is 1. The van der Waals surface area contributed by atoms with Crippen LogP contribution < -0.4 is 5.32 Å². The van der Waals surface area contributed by atoms with Gasteiger partial charge in [0.15, 0.2) is 0 Å². The van der Waals surface area contributed by atoms with E-state index in [2.05, 4.69) is 28.2 Å². The van der Waals surface area contributed by atoms with E-state index in [1.807, 2.05) is 16.8 Å². The molecular weight excluding hydrogens is 334 g/mol. The molecule has 21 heavy (non-hydrogen) atoms. The largest absolute Gasteiger partial charge is 0.359 e. The van der Waals surface area contributed by atoms with Crippen molar-refractivity contribution in [2.24, 2.45) is 5.92 Å². The fourth-order valence-electron chi connectivity index (χ4n) is 2.82. The fraction of sp³-hybridized carbons (Fsp3) is 0.600. The molecule has 5 nitrogen and oxygen atoms in total. The summed E-state index contributed by atoms with van der Waals surface area (Å²) in [5, 5.41) is 2.68. The zero-order chi connectivity index (χ0) is 15.4. The maximum Gasteiger partial charge on any atom is 0.270 e. The van der Waals surface area contributed by atoms with E-state index in [1.165, 1.54) is 0 Å². The van der Waals surface area contributed by atoms with Crippen molar-refractivity contribution < 1.29 is 9.59 Å². The minimum Gasteiger partial charge on any atom is -0.359 e. The number of rotatable bonds is 4. The van der Waals surface area contributed by atoms with Gasteiger partial charge in [-0.15, -0.1) is 0 Å². The first-order valence-electron chi connectivity index (χ1n) is 7.43. The summed E-state index contributed by atoms with van der Waals surface area (Å²) in [6.07, 6.45) is 4.64. The third kappa shape index (κ3) is 3.67. The van der Waals surface area contributed by atoms with E-state index < -0.39 is 0 Å². The van der Waals surface area contributed by atoms with E-state index in [4.69, 9.17) is 0 Å². The van der Waals surface area contributed by atoms with Crippen LogP contribution in [0.2, 0.25) is 0 Å². The number of nitrogens with one attached hydrogen (secondary N) is 1. The average Bonchev–Trinajstić information content (AvgIpc) is 2.87.